The minimum atomic E-state index is -0.500. The van der Waals surface area contributed by atoms with Gasteiger partial charge in [0.15, 0.2) is 0 Å². The van der Waals surface area contributed by atoms with E-state index in [0.29, 0.717) is 24.3 Å². The third kappa shape index (κ3) is 22.3. The molecule has 0 aliphatic carbocycles. The van der Waals surface area contributed by atoms with Gasteiger partial charge >= 0.3 is 0 Å². The normalized spacial score (nSPS) is 11.2. The smallest absolute Gasteiger partial charge is 0.233 e. The summed E-state index contributed by atoms with van der Waals surface area (Å²) in [5.74, 6) is 0.479. The van der Waals surface area contributed by atoms with Gasteiger partial charge in [-0.1, -0.05) is 181 Å². The van der Waals surface area contributed by atoms with Gasteiger partial charge < -0.3 is 9.47 Å². The third-order valence-electron chi connectivity index (χ3n) is 9.97. The van der Waals surface area contributed by atoms with Crippen molar-refractivity contribution in [2.45, 2.75) is 194 Å². The number of Topliss-reactive ketones (excluding diaryl/α,β-unsaturated/α-hetero) is 2. The Balaban J connectivity index is 1.48. The monoisotopic (exact) mass is 691 g/mol. The molecule has 0 atom stereocenters. The fourth-order valence-corrected chi connectivity index (χ4v) is 6.64. The average Bonchev–Trinajstić information content (AvgIpc) is 3.14. The van der Waals surface area contributed by atoms with Crippen molar-refractivity contribution in [3.8, 4) is 11.5 Å². The number of hydrogen-bond donors (Lipinski definition) is 0. The summed E-state index contributed by atoms with van der Waals surface area (Å²) in [6.07, 6.45) is 37.4. The lowest BCUT2D eigenvalue weighted by Gasteiger charge is -2.08. The number of benzene rings is 2. The number of ketones is 2. The Morgan fingerprint density at radius 2 is 0.560 bits per heavy atom. The summed E-state index contributed by atoms with van der Waals surface area (Å²) in [6, 6.07) is 13.9. The van der Waals surface area contributed by atoms with E-state index < -0.39 is 11.6 Å². The zero-order valence-corrected chi connectivity index (χ0v) is 32.5. The van der Waals surface area contributed by atoms with E-state index in [9.17, 15) is 9.59 Å². The van der Waals surface area contributed by atoms with Crippen molar-refractivity contribution in [3.63, 3.8) is 0 Å². The first-order valence-corrected chi connectivity index (χ1v) is 21.2. The van der Waals surface area contributed by atoms with Crippen LogP contribution in [0.1, 0.15) is 214 Å². The van der Waals surface area contributed by atoms with E-state index in [4.69, 9.17) is 9.47 Å². The van der Waals surface area contributed by atoms with Gasteiger partial charge in [0.1, 0.15) is 11.5 Å². The maximum atomic E-state index is 12.9. The van der Waals surface area contributed by atoms with Gasteiger partial charge in [-0.25, -0.2) is 0 Å². The van der Waals surface area contributed by atoms with Gasteiger partial charge in [-0.15, -0.1) is 0 Å². The second kappa shape index (κ2) is 31.1. The van der Waals surface area contributed by atoms with Gasteiger partial charge in [0.25, 0.3) is 0 Å². The van der Waals surface area contributed by atoms with Crippen LogP contribution in [-0.4, -0.2) is 24.8 Å². The minimum Gasteiger partial charge on any atom is -0.494 e. The van der Waals surface area contributed by atoms with E-state index in [1.54, 1.807) is 48.5 Å². The van der Waals surface area contributed by atoms with Crippen molar-refractivity contribution < 1.29 is 19.1 Å². The van der Waals surface area contributed by atoms with Crippen LogP contribution in [0.2, 0.25) is 0 Å². The highest BCUT2D eigenvalue weighted by Gasteiger charge is 2.18. The first-order chi connectivity index (χ1) is 24.7. The molecule has 50 heavy (non-hydrogen) atoms. The molecular weight excluding hydrogens is 617 g/mol. The fraction of sp³-hybridized carbons (Fsp3) is 0.696. The molecule has 0 aliphatic heterocycles. The third-order valence-corrected chi connectivity index (χ3v) is 9.97. The predicted molar refractivity (Wildman–Crippen MR) is 213 cm³/mol. The highest BCUT2D eigenvalue weighted by atomic mass is 16.5. The fourth-order valence-electron chi connectivity index (χ4n) is 6.64. The summed E-state index contributed by atoms with van der Waals surface area (Å²) in [5.41, 5.74) is 0.772. The molecule has 0 saturated heterocycles. The Kier molecular flexibility index (Phi) is 27.1. The highest BCUT2D eigenvalue weighted by Crippen LogP contribution is 2.19. The number of hydrogen-bond acceptors (Lipinski definition) is 4. The lowest BCUT2D eigenvalue weighted by molar-refractivity contribution is 0.0817. The van der Waals surface area contributed by atoms with Gasteiger partial charge in [0.05, 0.1) is 13.2 Å². The van der Waals surface area contributed by atoms with E-state index in [2.05, 4.69) is 13.8 Å². The predicted octanol–water partition coefficient (Wildman–Crippen LogP) is 14.5. The van der Waals surface area contributed by atoms with Crippen LogP contribution in [0.15, 0.2) is 48.5 Å². The molecule has 4 nitrogen and oxygen atoms in total. The van der Waals surface area contributed by atoms with Crippen molar-refractivity contribution in [2.75, 3.05) is 13.2 Å². The molecule has 282 valence electrons. The number of carbonyl (C=O) groups is 2. The van der Waals surface area contributed by atoms with Crippen LogP contribution in [0.25, 0.3) is 0 Å². The molecule has 0 radical (unpaired) electrons. The zero-order chi connectivity index (χ0) is 35.7. The molecule has 0 aliphatic rings. The van der Waals surface area contributed by atoms with E-state index >= 15 is 0 Å². The molecule has 0 spiro atoms. The molecular formula is C46H74O4. The summed E-state index contributed by atoms with van der Waals surface area (Å²) in [6.45, 7) is 5.91. The van der Waals surface area contributed by atoms with Crippen LogP contribution in [0, 0.1) is 0 Å². The van der Waals surface area contributed by atoms with Crippen molar-refractivity contribution in [1.82, 2.24) is 0 Å². The van der Waals surface area contributed by atoms with Gasteiger partial charge in [-0.05, 0) is 61.4 Å². The Morgan fingerprint density at radius 1 is 0.340 bits per heavy atom. The number of rotatable bonds is 35. The zero-order valence-electron chi connectivity index (χ0n) is 32.5. The molecule has 0 unspecified atom stereocenters. The maximum absolute atomic E-state index is 12.9. The molecule has 0 heterocycles. The number of ether oxygens (including phenoxy) is 2. The lowest BCUT2D eigenvalue weighted by Crippen LogP contribution is -2.14. The first kappa shape index (κ1) is 43.5. The average molecular weight is 691 g/mol. The number of unbranched alkanes of at least 4 members (excludes halogenated alkanes) is 26. The summed E-state index contributed by atoms with van der Waals surface area (Å²) >= 11 is 0. The Hall–Kier alpha value is -2.62. The molecule has 0 fully saturated rings. The quantitative estimate of drug-likeness (QED) is 0.0410. The second-order valence-corrected chi connectivity index (χ2v) is 14.6. The van der Waals surface area contributed by atoms with E-state index in [-0.39, 0.29) is 0 Å². The van der Waals surface area contributed by atoms with Gasteiger partial charge in [0, 0.05) is 11.1 Å². The Labute approximate surface area is 307 Å². The molecule has 0 N–H and O–H groups in total. The van der Waals surface area contributed by atoms with Crippen molar-refractivity contribution in [2.24, 2.45) is 0 Å². The lowest BCUT2D eigenvalue weighted by atomic mass is 10.0. The molecule has 2 rings (SSSR count). The van der Waals surface area contributed by atoms with E-state index in [0.717, 1.165) is 24.3 Å². The Bertz CT molecular complexity index is 987. The summed E-state index contributed by atoms with van der Waals surface area (Å²) in [4.78, 5) is 25.7. The van der Waals surface area contributed by atoms with Crippen molar-refractivity contribution in [1.29, 1.82) is 0 Å². The van der Waals surface area contributed by atoms with Crippen molar-refractivity contribution >= 4 is 11.6 Å². The van der Waals surface area contributed by atoms with Crippen LogP contribution >= 0.6 is 0 Å². The molecule has 4 heteroatoms. The molecule has 0 aromatic heterocycles. The largest absolute Gasteiger partial charge is 0.494 e. The van der Waals surface area contributed by atoms with Crippen LogP contribution in [0.5, 0.6) is 11.5 Å². The van der Waals surface area contributed by atoms with Crippen LogP contribution in [0.3, 0.4) is 0 Å². The summed E-state index contributed by atoms with van der Waals surface area (Å²) in [5, 5.41) is 0. The second-order valence-electron chi connectivity index (χ2n) is 14.6. The summed E-state index contributed by atoms with van der Waals surface area (Å²) < 4.78 is 11.8. The molecule has 2 aromatic carbocycles. The summed E-state index contributed by atoms with van der Waals surface area (Å²) in [7, 11) is 0. The SMILES string of the molecule is CCCCCCCCCCCCCCCCOc1ccc(C(=O)C(=O)c2ccc(OCCCCCCCCCCCCCCCC)cc2)cc1. The Morgan fingerprint density at radius 3 is 0.800 bits per heavy atom. The molecule has 0 saturated carbocycles. The minimum absolute atomic E-state index is 0.386. The number of carbonyl (C=O) groups excluding carboxylic acids is 2. The molecule has 2 aromatic rings. The molecule has 0 amide bonds. The van der Waals surface area contributed by atoms with Crippen LogP contribution in [-0.2, 0) is 0 Å². The van der Waals surface area contributed by atoms with E-state index in [1.165, 1.54) is 167 Å². The first-order valence-electron chi connectivity index (χ1n) is 21.2. The van der Waals surface area contributed by atoms with E-state index in [1.807, 2.05) is 0 Å². The van der Waals surface area contributed by atoms with Gasteiger partial charge in [0.2, 0.25) is 11.6 Å². The highest BCUT2D eigenvalue weighted by molar-refractivity contribution is 6.49. The standard InChI is InChI=1S/C46H74O4/c1-3-5-7-9-11-13-15-17-19-21-23-25-27-29-39-49-43-35-31-41(32-36-43)45(47)46(48)42-33-37-44(38-34-42)50-40-30-28-26-24-22-20-18-16-14-12-10-8-6-4-2/h31-38H,3-30,39-40H2,1-2H3. The van der Waals surface area contributed by atoms with Crippen LogP contribution < -0.4 is 9.47 Å². The van der Waals surface area contributed by atoms with Gasteiger partial charge in [-0.2, -0.15) is 0 Å². The molecule has 0 bridgehead atoms. The van der Waals surface area contributed by atoms with Gasteiger partial charge in [-0.3, -0.25) is 9.59 Å². The maximum Gasteiger partial charge on any atom is 0.233 e. The van der Waals surface area contributed by atoms with Crippen LogP contribution in [0.4, 0.5) is 0 Å². The topological polar surface area (TPSA) is 52.6 Å². The van der Waals surface area contributed by atoms with Crippen molar-refractivity contribution in [3.05, 3.63) is 59.7 Å².